The van der Waals surface area contributed by atoms with E-state index in [1.54, 1.807) is 36.0 Å². The van der Waals surface area contributed by atoms with Gasteiger partial charge in [0, 0.05) is 33.7 Å². The monoisotopic (exact) mass is 345 g/mol. The van der Waals surface area contributed by atoms with Crippen LogP contribution in [0.25, 0.3) is 0 Å². The number of halogens is 1. The van der Waals surface area contributed by atoms with Crippen LogP contribution in [0.1, 0.15) is 18.4 Å². The number of piperidine rings is 1. The second-order valence-electron chi connectivity index (χ2n) is 6.49. The first-order chi connectivity index (χ1) is 11.9. The maximum Gasteiger partial charge on any atom is 0.319 e. The van der Waals surface area contributed by atoms with E-state index in [9.17, 15) is 14.0 Å². The van der Waals surface area contributed by atoms with E-state index in [1.807, 2.05) is 0 Å². The average Bonchev–Trinajstić information content (AvgIpc) is 2.62. The number of carbonyl (C=O) groups is 2. The Bertz CT molecular complexity index is 652. The van der Waals surface area contributed by atoms with Crippen molar-refractivity contribution in [3.63, 3.8) is 0 Å². The van der Waals surface area contributed by atoms with E-state index in [-0.39, 0.29) is 30.2 Å². The quantitative estimate of drug-likeness (QED) is 0.785. The van der Waals surface area contributed by atoms with Crippen molar-refractivity contribution in [3.8, 4) is 12.3 Å². The Labute approximate surface area is 148 Å². The molecule has 6 heteroatoms. The molecule has 0 aromatic heterocycles. The Balaban J connectivity index is 2.07. The van der Waals surface area contributed by atoms with Gasteiger partial charge in [-0.15, -0.1) is 6.42 Å². The normalized spacial score (nSPS) is 16.9. The molecule has 0 bridgehead atoms. The lowest BCUT2D eigenvalue weighted by Crippen LogP contribution is -2.49. The number of nitrogens with zero attached hydrogens (tertiary/aromatic N) is 3. The zero-order valence-corrected chi connectivity index (χ0v) is 14.7. The summed E-state index contributed by atoms with van der Waals surface area (Å²) in [5.41, 5.74) is 0.821. The summed E-state index contributed by atoms with van der Waals surface area (Å²) in [5.74, 6) is 1.88. The molecule has 0 N–H and O–H groups in total. The van der Waals surface area contributed by atoms with Crippen LogP contribution in [0, 0.1) is 24.1 Å². The highest BCUT2D eigenvalue weighted by molar-refractivity contribution is 5.81. The lowest BCUT2D eigenvalue weighted by atomic mass is 9.96. The van der Waals surface area contributed by atoms with Crippen LogP contribution in [-0.2, 0) is 11.3 Å². The van der Waals surface area contributed by atoms with Crippen LogP contribution in [0.4, 0.5) is 9.18 Å². The molecular weight excluding hydrogens is 321 g/mol. The summed E-state index contributed by atoms with van der Waals surface area (Å²) in [7, 11) is 3.40. The smallest absolute Gasteiger partial charge is 0.319 e. The number of urea groups is 1. The van der Waals surface area contributed by atoms with Gasteiger partial charge in [0.05, 0.1) is 12.5 Å². The Kier molecular flexibility index (Phi) is 6.40. The predicted octanol–water partition coefficient (Wildman–Crippen LogP) is 2.18. The standard InChI is InChI=1S/C19H24FN3O2/c1-4-11-22(13-15-7-9-17(20)10-8-15)18(24)16-6-5-12-23(14-16)19(25)21(2)3/h1,7-10,16H,5-6,11-14H2,2-3H3/t16-/m0/s1. The van der Waals surface area contributed by atoms with Gasteiger partial charge in [0.15, 0.2) is 0 Å². The Hall–Kier alpha value is -2.55. The minimum Gasteiger partial charge on any atom is -0.331 e. The first kappa shape index (κ1) is 18.8. The van der Waals surface area contributed by atoms with Crippen molar-refractivity contribution in [1.82, 2.24) is 14.7 Å². The number of hydrogen-bond acceptors (Lipinski definition) is 2. The van der Waals surface area contributed by atoms with Crippen molar-refractivity contribution < 1.29 is 14.0 Å². The Morgan fingerprint density at radius 2 is 2.00 bits per heavy atom. The minimum absolute atomic E-state index is 0.0569. The molecule has 0 aliphatic carbocycles. The van der Waals surface area contributed by atoms with E-state index in [0.29, 0.717) is 19.6 Å². The molecule has 5 nitrogen and oxygen atoms in total. The second-order valence-corrected chi connectivity index (χ2v) is 6.49. The third-order valence-corrected chi connectivity index (χ3v) is 4.30. The number of rotatable bonds is 4. The summed E-state index contributed by atoms with van der Waals surface area (Å²) in [6.07, 6.45) is 6.94. The topological polar surface area (TPSA) is 43.9 Å². The van der Waals surface area contributed by atoms with E-state index < -0.39 is 0 Å². The molecule has 0 radical (unpaired) electrons. The molecule has 134 valence electrons. The van der Waals surface area contributed by atoms with E-state index in [2.05, 4.69) is 5.92 Å². The fraction of sp³-hybridized carbons (Fsp3) is 0.474. The lowest BCUT2D eigenvalue weighted by Gasteiger charge is -2.35. The molecule has 1 fully saturated rings. The molecule has 2 rings (SSSR count). The molecule has 1 saturated heterocycles. The lowest BCUT2D eigenvalue weighted by molar-refractivity contribution is -0.136. The highest BCUT2D eigenvalue weighted by atomic mass is 19.1. The number of benzene rings is 1. The van der Waals surface area contributed by atoms with Crippen molar-refractivity contribution in [2.75, 3.05) is 33.7 Å². The number of amides is 3. The van der Waals surface area contributed by atoms with Gasteiger partial charge >= 0.3 is 6.03 Å². The fourth-order valence-corrected chi connectivity index (χ4v) is 3.03. The third-order valence-electron chi connectivity index (χ3n) is 4.30. The van der Waals surface area contributed by atoms with E-state index >= 15 is 0 Å². The minimum atomic E-state index is -0.316. The zero-order chi connectivity index (χ0) is 18.4. The largest absolute Gasteiger partial charge is 0.331 e. The zero-order valence-electron chi connectivity index (χ0n) is 14.7. The molecule has 1 atom stereocenters. The third kappa shape index (κ3) is 4.96. The maximum atomic E-state index is 13.1. The summed E-state index contributed by atoms with van der Waals surface area (Å²) in [6, 6.07) is 5.95. The molecule has 0 saturated carbocycles. The van der Waals surface area contributed by atoms with Crippen LogP contribution >= 0.6 is 0 Å². The van der Waals surface area contributed by atoms with Crippen molar-refractivity contribution in [2.24, 2.45) is 5.92 Å². The average molecular weight is 345 g/mol. The van der Waals surface area contributed by atoms with Gasteiger partial charge in [0.25, 0.3) is 0 Å². The summed E-state index contributed by atoms with van der Waals surface area (Å²) in [5, 5.41) is 0. The van der Waals surface area contributed by atoms with Crippen LogP contribution in [0.15, 0.2) is 24.3 Å². The van der Waals surface area contributed by atoms with Crippen LogP contribution < -0.4 is 0 Å². The SMILES string of the molecule is C#CCN(Cc1ccc(F)cc1)C(=O)[C@H]1CCCN(C(=O)N(C)C)C1. The second kappa shape index (κ2) is 8.52. The molecule has 3 amide bonds. The van der Waals surface area contributed by atoms with Crippen molar-refractivity contribution >= 4 is 11.9 Å². The highest BCUT2D eigenvalue weighted by Gasteiger charge is 2.31. The van der Waals surface area contributed by atoms with Crippen LogP contribution in [0.2, 0.25) is 0 Å². The molecule has 25 heavy (non-hydrogen) atoms. The molecule has 0 unspecified atom stereocenters. The van der Waals surface area contributed by atoms with Crippen LogP contribution in [0.5, 0.6) is 0 Å². The first-order valence-electron chi connectivity index (χ1n) is 8.35. The summed E-state index contributed by atoms with van der Waals surface area (Å²) in [4.78, 5) is 29.9. The number of carbonyl (C=O) groups excluding carboxylic acids is 2. The summed E-state index contributed by atoms with van der Waals surface area (Å²) in [6.45, 7) is 1.59. The molecule has 1 aliphatic rings. The van der Waals surface area contributed by atoms with E-state index in [1.165, 1.54) is 17.0 Å². The van der Waals surface area contributed by atoms with Crippen LogP contribution in [-0.4, -0.2) is 60.4 Å². The van der Waals surface area contributed by atoms with Gasteiger partial charge in [-0.3, -0.25) is 4.79 Å². The summed E-state index contributed by atoms with van der Waals surface area (Å²) >= 11 is 0. The fourth-order valence-electron chi connectivity index (χ4n) is 3.03. The number of likely N-dealkylation sites (tertiary alicyclic amines) is 1. The molecule has 1 aromatic rings. The number of terminal acetylenes is 1. The van der Waals surface area contributed by atoms with Gasteiger partial charge in [0.1, 0.15) is 5.82 Å². The Morgan fingerprint density at radius 3 is 2.60 bits per heavy atom. The Morgan fingerprint density at radius 1 is 1.32 bits per heavy atom. The summed E-state index contributed by atoms with van der Waals surface area (Å²) < 4.78 is 13.1. The molecule has 0 spiro atoms. The molecular formula is C19H24FN3O2. The number of hydrogen-bond donors (Lipinski definition) is 0. The molecule has 1 aliphatic heterocycles. The van der Waals surface area contributed by atoms with E-state index in [0.717, 1.165) is 18.4 Å². The van der Waals surface area contributed by atoms with Crippen molar-refractivity contribution in [1.29, 1.82) is 0 Å². The van der Waals surface area contributed by atoms with Crippen molar-refractivity contribution in [2.45, 2.75) is 19.4 Å². The predicted molar refractivity (Wildman–Crippen MR) is 94.0 cm³/mol. The van der Waals surface area contributed by atoms with Crippen LogP contribution in [0.3, 0.4) is 0 Å². The van der Waals surface area contributed by atoms with Crippen molar-refractivity contribution in [3.05, 3.63) is 35.6 Å². The van der Waals surface area contributed by atoms with Gasteiger partial charge in [-0.2, -0.15) is 0 Å². The van der Waals surface area contributed by atoms with Gasteiger partial charge < -0.3 is 14.7 Å². The van der Waals surface area contributed by atoms with Gasteiger partial charge in [-0.05, 0) is 30.5 Å². The molecule has 1 heterocycles. The van der Waals surface area contributed by atoms with Gasteiger partial charge in [0.2, 0.25) is 5.91 Å². The van der Waals surface area contributed by atoms with Gasteiger partial charge in [-0.1, -0.05) is 18.1 Å². The van der Waals surface area contributed by atoms with E-state index in [4.69, 9.17) is 6.42 Å². The molecule has 1 aromatic carbocycles. The first-order valence-corrected chi connectivity index (χ1v) is 8.35. The maximum absolute atomic E-state index is 13.1. The van der Waals surface area contributed by atoms with Gasteiger partial charge in [-0.25, -0.2) is 9.18 Å². The highest BCUT2D eigenvalue weighted by Crippen LogP contribution is 2.21.